The molecule has 13 nitrogen and oxygen atoms in total. The molecule has 1 aliphatic heterocycles. The van der Waals surface area contributed by atoms with E-state index >= 15 is 0 Å². The van der Waals surface area contributed by atoms with Gasteiger partial charge in [0.2, 0.25) is 11.8 Å². The van der Waals surface area contributed by atoms with Crippen molar-refractivity contribution in [3.05, 3.63) is 0 Å². The second-order valence-electron chi connectivity index (χ2n) is 11.0. The number of ether oxygens (including phenoxy) is 1. The zero-order valence-electron chi connectivity index (χ0n) is 27.8. The van der Waals surface area contributed by atoms with Gasteiger partial charge in [-0.25, -0.2) is 4.79 Å². The molecule has 17 heteroatoms. The van der Waals surface area contributed by atoms with Crippen LogP contribution in [0.5, 0.6) is 0 Å². The molecule has 0 saturated carbocycles. The van der Waals surface area contributed by atoms with Crippen LogP contribution in [0.1, 0.15) is 68.2 Å². The maximum absolute atomic E-state index is 11.7. The summed E-state index contributed by atoms with van der Waals surface area (Å²) in [6, 6.07) is 0. The summed E-state index contributed by atoms with van der Waals surface area (Å²) in [6.07, 6.45) is -0.531. The number of halogens is 2. The normalized spacial score (nSPS) is 16.0. The van der Waals surface area contributed by atoms with Crippen LogP contribution in [0.15, 0.2) is 0 Å². The second-order valence-corrected chi connectivity index (χ2v) is 22.8. The van der Waals surface area contributed by atoms with Crippen molar-refractivity contribution in [2.24, 2.45) is 27.7 Å². The van der Waals surface area contributed by atoms with E-state index in [9.17, 15) is 24.6 Å². The molecule has 0 spiro atoms. The average Bonchev–Trinajstić information content (AvgIpc) is 3.24. The van der Waals surface area contributed by atoms with E-state index in [-0.39, 0.29) is 26.3 Å². The second kappa shape index (κ2) is 32.1. The van der Waals surface area contributed by atoms with Gasteiger partial charge in [0.1, 0.15) is 12.2 Å². The Bertz CT molecular complexity index is 691. The van der Waals surface area contributed by atoms with E-state index in [2.05, 4.69) is 68.0 Å². The molecule has 3 unspecified atom stereocenters. The number of carbonyl (C=O) groups is 3. The van der Waals surface area contributed by atoms with Gasteiger partial charge in [-0.3, -0.25) is 9.59 Å². The van der Waals surface area contributed by atoms with E-state index in [0.29, 0.717) is 22.5 Å². The van der Waals surface area contributed by atoms with Gasteiger partial charge in [-0.1, -0.05) is 55.4 Å². The van der Waals surface area contributed by atoms with E-state index in [0.717, 1.165) is 19.5 Å². The number of aliphatic hydroxyl groups is 5. The Morgan fingerprint density at radius 1 is 0.955 bits per heavy atom. The van der Waals surface area contributed by atoms with Gasteiger partial charge in [0.15, 0.2) is 6.10 Å². The van der Waals surface area contributed by atoms with Gasteiger partial charge in [-0.2, -0.15) is 12.6 Å². The molecule has 0 bridgehead atoms. The Balaban J connectivity index is -0.000000195. The zero-order chi connectivity index (χ0) is 36.2. The molecule has 0 aliphatic carbocycles. The first-order valence-electron chi connectivity index (χ1n) is 14.1. The molecule has 0 aromatic rings. The average molecular weight is 922 g/mol. The Kier molecular flexibility index (Phi) is 39.4. The van der Waals surface area contributed by atoms with Crippen molar-refractivity contribution in [3.8, 4) is 0 Å². The molecule has 1 aliphatic rings. The molecule has 267 valence electrons. The molecule has 1 saturated heterocycles. The van der Waals surface area contributed by atoms with Gasteiger partial charge < -0.3 is 52.4 Å². The van der Waals surface area contributed by atoms with Crippen LogP contribution in [-0.2, 0) is 28.6 Å². The summed E-state index contributed by atoms with van der Waals surface area (Å²) in [4.78, 5) is 33.9. The third kappa shape index (κ3) is 26.6. The van der Waals surface area contributed by atoms with Crippen molar-refractivity contribution < 1.29 is 54.1 Å². The first kappa shape index (κ1) is 54.0. The number of nitrogens with one attached hydrogen (secondary N) is 2. The van der Waals surface area contributed by atoms with Crippen molar-refractivity contribution in [1.82, 2.24) is 10.6 Å². The van der Waals surface area contributed by atoms with Gasteiger partial charge in [0.05, 0.1) is 19.8 Å². The number of hydrogen-bond donors (Lipinski definition) is 10. The minimum absolute atomic E-state index is 0.233. The number of cyclic esters (lactones) is 1. The number of hydrogen-bond acceptors (Lipinski definition) is 12. The third-order valence-electron chi connectivity index (χ3n) is 5.70. The Labute approximate surface area is 299 Å². The van der Waals surface area contributed by atoms with Crippen LogP contribution in [0.25, 0.3) is 0 Å². The third-order valence-corrected chi connectivity index (χ3v) is 5.70. The van der Waals surface area contributed by atoms with Crippen molar-refractivity contribution in [1.29, 1.82) is 0 Å². The Hall–Kier alpha value is 0.524. The monoisotopic (exact) mass is 921 g/mol. The zero-order valence-corrected chi connectivity index (χ0v) is 34.4. The van der Waals surface area contributed by atoms with Crippen molar-refractivity contribution in [3.63, 3.8) is 0 Å². The van der Waals surface area contributed by atoms with Crippen molar-refractivity contribution >= 4 is 70.4 Å². The van der Waals surface area contributed by atoms with E-state index in [1.165, 1.54) is 0 Å². The number of carbonyl (C=O) groups excluding carboxylic acids is 3. The molecule has 3 atom stereocenters. The molecule has 2 amide bonds. The van der Waals surface area contributed by atoms with Gasteiger partial charge in [-0.15, -0.1) is 0 Å². The Morgan fingerprint density at radius 3 is 1.43 bits per heavy atom. The molecule has 1 heterocycles. The fourth-order valence-electron chi connectivity index (χ4n) is 2.44. The predicted octanol–water partition coefficient (Wildman–Crippen LogP) is 0.933. The fourth-order valence-corrected chi connectivity index (χ4v) is 2.44. The number of thiol groups is 1. The number of amides is 2. The van der Waals surface area contributed by atoms with Crippen molar-refractivity contribution in [2.75, 3.05) is 52.3 Å². The number of esters is 1. The predicted molar refractivity (Wildman–Crippen MR) is 192 cm³/mol. The summed E-state index contributed by atoms with van der Waals surface area (Å²) < 4.78 is 4.59. The molecule has 44 heavy (non-hydrogen) atoms. The van der Waals surface area contributed by atoms with Gasteiger partial charge >= 0.3 is 55.4 Å². The quantitative estimate of drug-likeness (QED) is 0.0573. The van der Waals surface area contributed by atoms with Crippen LogP contribution < -0.4 is 22.1 Å². The molecular formula is C27H60I2N4O9SV. The van der Waals surface area contributed by atoms with Crippen LogP contribution in [-0.4, -0.2) is 114 Å². The van der Waals surface area contributed by atoms with E-state index in [4.69, 9.17) is 26.8 Å². The van der Waals surface area contributed by atoms with E-state index in [1.54, 1.807) is 47.8 Å². The summed E-state index contributed by atoms with van der Waals surface area (Å²) in [5.41, 5.74) is 7.86. The molecule has 0 aromatic carbocycles. The van der Waals surface area contributed by atoms with E-state index in [1.807, 2.05) is 13.8 Å². The van der Waals surface area contributed by atoms with Gasteiger partial charge in [0.25, 0.3) is 0 Å². The molecule has 11 N–H and O–H groups in total. The number of nitrogens with two attached hydrogens (primary N) is 2. The van der Waals surface area contributed by atoms with Crippen LogP contribution >= 0.6 is 52.6 Å². The summed E-state index contributed by atoms with van der Waals surface area (Å²) in [5, 5.41) is 51.8. The van der Waals surface area contributed by atoms with Gasteiger partial charge in [0, 0.05) is 29.3 Å². The molecular weight excluding hydrogens is 861 g/mol. The topological polar surface area (TPSA) is 238 Å². The molecule has 0 radical (unpaired) electrons. The van der Waals surface area contributed by atoms with Crippen molar-refractivity contribution in [2.45, 2.75) is 86.5 Å². The van der Waals surface area contributed by atoms with Crippen LogP contribution in [0.3, 0.4) is 0 Å². The number of rotatable bonds is 12. The molecule has 1 rings (SSSR count). The minimum atomic E-state index is -1.32. The van der Waals surface area contributed by atoms with Crippen LogP contribution in [0, 0.1) is 16.2 Å². The SMILES string of the molecule is CC.CC(C)(CO)C(O)C(=O)NCCCNC(=O)C(O)C(C)(C)CO.CC1(C)COC(=O)C1O.CS.NCCCN.[I][V][I]. The van der Waals surface area contributed by atoms with Gasteiger partial charge in [-0.05, 0) is 32.2 Å². The first-order chi connectivity index (χ1) is 20.4. The first-order valence-corrected chi connectivity index (χ1v) is 24.0. The maximum atomic E-state index is 11.7. The molecule has 0 aromatic heterocycles. The fraction of sp³-hybridized carbons (Fsp3) is 0.889. The van der Waals surface area contributed by atoms with Crippen LogP contribution in [0.2, 0.25) is 0 Å². The Morgan fingerprint density at radius 2 is 1.27 bits per heavy atom. The summed E-state index contributed by atoms with van der Waals surface area (Å²) in [5.74, 6) is -1.67. The van der Waals surface area contributed by atoms with E-state index < -0.39 is 52.3 Å². The standard InChI is InChI=1S/C15H30N2O6.C6H10O3.C3H10N2.C2H6.CH4S.2HI.V/c1-14(2,8-18)10(20)12(22)16-6-5-7-17-13(23)11(21)15(3,4)9-19;1-6(2)3-9-5(8)4(6)7;4-2-1-3-5;2*1-2;;;/h10-11,18-21H,5-9H2,1-4H3,(H,16,22)(H,17,23);4,7H,3H2,1-2H3;1-5H2;1-2H3;2H,1H3;2*1H;/q;;;;;;;+2/p-2. The van der Waals surface area contributed by atoms with Crippen LogP contribution in [0.4, 0.5) is 0 Å². The number of aliphatic hydroxyl groups excluding tert-OH is 5. The summed E-state index contributed by atoms with van der Waals surface area (Å²) >= 11 is 8.27. The summed E-state index contributed by atoms with van der Waals surface area (Å²) in [6.45, 7) is 15.5. The molecule has 1 fully saturated rings. The summed E-state index contributed by atoms with van der Waals surface area (Å²) in [7, 11) is 0.628.